The van der Waals surface area contributed by atoms with Gasteiger partial charge in [0.1, 0.15) is 0 Å². The van der Waals surface area contributed by atoms with Crippen LogP contribution in [0.25, 0.3) is 0 Å². The van der Waals surface area contributed by atoms with E-state index in [-0.39, 0.29) is 26.4 Å². The van der Waals surface area contributed by atoms with Crippen molar-refractivity contribution in [2.75, 3.05) is 6.54 Å². The van der Waals surface area contributed by atoms with Crippen LogP contribution in [0, 0.1) is 11.8 Å². The second-order valence-electron chi connectivity index (χ2n) is 5.14. The SMILES string of the molecule is CC(C)C(C)CNC(=O)c1cc(S(=O)(=O)Cl)cc(Cl)c1Cl. The predicted molar refractivity (Wildman–Crippen MR) is 85.8 cm³/mol. The summed E-state index contributed by atoms with van der Waals surface area (Å²) in [5.74, 6) is 0.179. The molecular formula is C13H16Cl3NO3S. The van der Waals surface area contributed by atoms with Crippen molar-refractivity contribution < 1.29 is 13.2 Å². The Morgan fingerprint density at radius 3 is 2.29 bits per heavy atom. The third-order valence-electron chi connectivity index (χ3n) is 3.25. The average Bonchev–Trinajstić information content (AvgIpc) is 2.37. The topological polar surface area (TPSA) is 63.2 Å². The van der Waals surface area contributed by atoms with E-state index in [1.807, 2.05) is 20.8 Å². The predicted octanol–water partition coefficient (Wildman–Crippen LogP) is 3.94. The number of carbonyl (C=O) groups is 1. The molecule has 8 heteroatoms. The van der Waals surface area contributed by atoms with Gasteiger partial charge in [-0.05, 0) is 24.0 Å². The fourth-order valence-corrected chi connectivity index (χ4v) is 2.72. The standard InChI is InChI=1S/C13H16Cl3NO3S/c1-7(2)8(3)6-17-13(18)10-4-9(21(16,19)20)5-11(14)12(10)15/h4-5,7-8H,6H2,1-3H3,(H,17,18). The number of halogens is 3. The molecule has 118 valence electrons. The van der Waals surface area contributed by atoms with Crippen LogP contribution in [0.4, 0.5) is 0 Å². The molecule has 0 aliphatic rings. The molecule has 0 saturated carbocycles. The third-order valence-corrected chi connectivity index (χ3v) is 5.39. The maximum Gasteiger partial charge on any atom is 0.261 e. The van der Waals surface area contributed by atoms with E-state index in [1.54, 1.807) is 0 Å². The van der Waals surface area contributed by atoms with Crippen LogP contribution in [0.3, 0.4) is 0 Å². The monoisotopic (exact) mass is 371 g/mol. The zero-order valence-electron chi connectivity index (χ0n) is 11.8. The molecule has 1 aromatic rings. The first-order valence-corrected chi connectivity index (χ1v) is 9.32. The minimum absolute atomic E-state index is 0.00423. The zero-order valence-corrected chi connectivity index (χ0v) is 14.9. The number of hydrogen-bond acceptors (Lipinski definition) is 3. The number of hydrogen-bond donors (Lipinski definition) is 1. The molecule has 0 aliphatic heterocycles. The molecule has 21 heavy (non-hydrogen) atoms. The summed E-state index contributed by atoms with van der Waals surface area (Å²) in [7, 11) is 1.27. The number of rotatable bonds is 5. The lowest BCUT2D eigenvalue weighted by Crippen LogP contribution is -2.30. The normalized spacial score (nSPS) is 13.3. The molecular weight excluding hydrogens is 357 g/mol. The number of amides is 1. The van der Waals surface area contributed by atoms with Gasteiger partial charge in [-0.3, -0.25) is 4.79 Å². The van der Waals surface area contributed by atoms with E-state index in [9.17, 15) is 13.2 Å². The van der Waals surface area contributed by atoms with Gasteiger partial charge in [-0.25, -0.2) is 8.42 Å². The summed E-state index contributed by atoms with van der Waals surface area (Å²) in [5.41, 5.74) is -0.0145. The molecule has 1 rings (SSSR count). The van der Waals surface area contributed by atoms with Gasteiger partial charge in [-0.1, -0.05) is 44.0 Å². The quantitative estimate of drug-likeness (QED) is 0.796. The Hall–Kier alpha value is -0.490. The van der Waals surface area contributed by atoms with Crippen molar-refractivity contribution in [1.29, 1.82) is 0 Å². The van der Waals surface area contributed by atoms with Crippen molar-refractivity contribution in [3.05, 3.63) is 27.7 Å². The molecule has 0 saturated heterocycles. The summed E-state index contributed by atoms with van der Waals surface area (Å²) in [6.07, 6.45) is 0. The fourth-order valence-electron chi connectivity index (χ4n) is 1.45. The molecule has 1 amide bonds. The van der Waals surface area contributed by atoms with Crippen LogP contribution in [0.2, 0.25) is 10.0 Å². The van der Waals surface area contributed by atoms with Crippen LogP contribution in [0.5, 0.6) is 0 Å². The van der Waals surface area contributed by atoms with Gasteiger partial charge in [-0.2, -0.15) is 0 Å². The van der Waals surface area contributed by atoms with Gasteiger partial charge in [0, 0.05) is 17.2 Å². The fraction of sp³-hybridized carbons (Fsp3) is 0.462. The van der Waals surface area contributed by atoms with Gasteiger partial charge in [0.25, 0.3) is 15.0 Å². The Labute approximate surface area is 139 Å². The summed E-state index contributed by atoms with van der Waals surface area (Å²) < 4.78 is 22.7. The summed E-state index contributed by atoms with van der Waals surface area (Å²) in [5, 5.41) is 2.66. The van der Waals surface area contributed by atoms with Crippen LogP contribution in [0.15, 0.2) is 17.0 Å². The lowest BCUT2D eigenvalue weighted by molar-refractivity contribution is 0.0945. The molecule has 0 aliphatic carbocycles. The van der Waals surface area contributed by atoms with Crippen molar-refractivity contribution in [2.24, 2.45) is 11.8 Å². The zero-order chi connectivity index (χ0) is 16.4. The second-order valence-corrected chi connectivity index (χ2v) is 8.49. The van der Waals surface area contributed by atoms with Crippen LogP contribution in [-0.2, 0) is 9.05 Å². The Kier molecular flexibility index (Phi) is 6.35. The first-order chi connectivity index (χ1) is 9.54. The molecule has 4 nitrogen and oxygen atoms in total. The first-order valence-electron chi connectivity index (χ1n) is 6.26. The summed E-state index contributed by atoms with van der Waals surface area (Å²) in [4.78, 5) is 11.9. The number of benzene rings is 1. The Morgan fingerprint density at radius 2 is 1.81 bits per heavy atom. The highest BCUT2D eigenvalue weighted by Crippen LogP contribution is 2.30. The van der Waals surface area contributed by atoms with Crippen LogP contribution < -0.4 is 5.32 Å². The highest BCUT2D eigenvalue weighted by Gasteiger charge is 2.20. The average molecular weight is 373 g/mol. The highest BCUT2D eigenvalue weighted by atomic mass is 35.7. The van der Waals surface area contributed by atoms with Crippen LogP contribution in [-0.4, -0.2) is 20.9 Å². The smallest absolute Gasteiger partial charge is 0.261 e. The van der Waals surface area contributed by atoms with Crippen molar-refractivity contribution in [3.63, 3.8) is 0 Å². The van der Waals surface area contributed by atoms with E-state index in [1.165, 1.54) is 0 Å². The molecule has 1 aromatic carbocycles. The van der Waals surface area contributed by atoms with Gasteiger partial charge in [0.05, 0.1) is 20.5 Å². The van der Waals surface area contributed by atoms with Crippen molar-refractivity contribution in [2.45, 2.75) is 25.7 Å². The maximum atomic E-state index is 12.1. The molecule has 0 bridgehead atoms. The Morgan fingerprint density at radius 1 is 1.24 bits per heavy atom. The van der Waals surface area contributed by atoms with Gasteiger partial charge in [0.2, 0.25) is 0 Å². The molecule has 1 atom stereocenters. The summed E-state index contributed by atoms with van der Waals surface area (Å²) in [6, 6.07) is 2.23. The lowest BCUT2D eigenvalue weighted by Gasteiger charge is -2.16. The highest BCUT2D eigenvalue weighted by molar-refractivity contribution is 8.13. The minimum Gasteiger partial charge on any atom is -0.352 e. The second kappa shape index (κ2) is 7.18. The number of nitrogens with one attached hydrogen (secondary N) is 1. The molecule has 1 N–H and O–H groups in total. The van der Waals surface area contributed by atoms with Crippen LogP contribution >= 0.6 is 33.9 Å². The van der Waals surface area contributed by atoms with E-state index in [0.29, 0.717) is 12.5 Å². The van der Waals surface area contributed by atoms with E-state index >= 15 is 0 Å². The lowest BCUT2D eigenvalue weighted by atomic mass is 9.98. The van der Waals surface area contributed by atoms with Crippen molar-refractivity contribution in [1.82, 2.24) is 5.32 Å². The van der Waals surface area contributed by atoms with E-state index in [4.69, 9.17) is 33.9 Å². The molecule has 0 fully saturated rings. The maximum absolute atomic E-state index is 12.1. The largest absolute Gasteiger partial charge is 0.352 e. The number of carbonyl (C=O) groups excluding carboxylic acids is 1. The van der Waals surface area contributed by atoms with Gasteiger partial charge in [0.15, 0.2) is 0 Å². The molecule has 0 spiro atoms. The first kappa shape index (κ1) is 18.6. The minimum atomic E-state index is -3.99. The Balaban J connectivity index is 3.07. The van der Waals surface area contributed by atoms with Gasteiger partial charge >= 0.3 is 0 Å². The van der Waals surface area contributed by atoms with Gasteiger partial charge in [-0.15, -0.1) is 0 Å². The summed E-state index contributed by atoms with van der Waals surface area (Å²) in [6.45, 7) is 6.53. The van der Waals surface area contributed by atoms with Gasteiger partial charge < -0.3 is 5.32 Å². The van der Waals surface area contributed by atoms with E-state index < -0.39 is 15.0 Å². The molecule has 1 unspecified atom stereocenters. The van der Waals surface area contributed by atoms with E-state index in [0.717, 1.165) is 12.1 Å². The molecule has 0 heterocycles. The molecule has 0 aromatic heterocycles. The third kappa shape index (κ3) is 5.02. The van der Waals surface area contributed by atoms with Crippen molar-refractivity contribution in [3.8, 4) is 0 Å². The van der Waals surface area contributed by atoms with E-state index in [2.05, 4.69) is 5.32 Å². The van der Waals surface area contributed by atoms with Crippen LogP contribution in [0.1, 0.15) is 31.1 Å². The Bertz CT molecular complexity index is 644. The molecule has 0 radical (unpaired) electrons. The summed E-state index contributed by atoms with van der Waals surface area (Å²) >= 11 is 11.8. The van der Waals surface area contributed by atoms with Crippen molar-refractivity contribution >= 4 is 48.8 Å².